The molecule has 17 heavy (non-hydrogen) atoms. The number of hydrogen-bond donors (Lipinski definition) is 2. The fourth-order valence-corrected chi connectivity index (χ4v) is 1.35. The van der Waals surface area contributed by atoms with E-state index >= 15 is 0 Å². The molecule has 0 aliphatic carbocycles. The highest BCUT2D eigenvalue weighted by atomic mass is 16.5. The molecule has 6 nitrogen and oxygen atoms in total. The fourth-order valence-electron chi connectivity index (χ4n) is 1.35. The summed E-state index contributed by atoms with van der Waals surface area (Å²) in [6, 6.07) is 1.38. The summed E-state index contributed by atoms with van der Waals surface area (Å²) in [6.07, 6.45) is 2.84. The Bertz CT molecular complexity index is 327. The first-order valence-corrected chi connectivity index (χ1v) is 5.69. The van der Waals surface area contributed by atoms with E-state index in [1.807, 2.05) is 0 Å². The summed E-state index contributed by atoms with van der Waals surface area (Å²) in [5.74, 6) is -0.307. The van der Waals surface area contributed by atoms with Gasteiger partial charge in [-0.3, -0.25) is 9.48 Å². The lowest BCUT2D eigenvalue weighted by molar-refractivity contribution is -0.145. The van der Waals surface area contributed by atoms with Gasteiger partial charge in [-0.25, -0.2) is 0 Å². The molecule has 0 fully saturated rings. The Hall–Kier alpha value is -1.40. The van der Waals surface area contributed by atoms with Crippen molar-refractivity contribution >= 4 is 5.97 Å². The molecule has 0 amide bonds. The van der Waals surface area contributed by atoms with Crippen molar-refractivity contribution in [3.63, 3.8) is 0 Å². The van der Waals surface area contributed by atoms with E-state index in [9.17, 15) is 9.90 Å². The van der Waals surface area contributed by atoms with Crippen LogP contribution in [0, 0.1) is 0 Å². The van der Waals surface area contributed by atoms with Crippen molar-refractivity contribution in [2.45, 2.75) is 32.5 Å². The molecule has 0 aromatic carbocycles. The van der Waals surface area contributed by atoms with Gasteiger partial charge in [0, 0.05) is 18.9 Å². The van der Waals surface area contributed by atoms with Crippen LogP contribution in [0.1, 0.15) is 13.8 Å². The standard InChI is InChI=1S/C11H19N3O3/c1-3-17-11(16)9(2)12-7-10(15)8-14-6-4-5-13-14/h4-6,9-10,12,15H,3,7-8H2,1-2H3. The van der Waals surface area contributed by atoms with Gasteiger partial charge in [0.2, 0.25) is 0 Å². The molecule has 0 spiro atoms. The minimum atomic E-state index is -0.591. The van der Waals surface area contributed by atoms with E-state index in [2.05, 4.69) is 10.4 Å². The van der Waals surface area contributed by atoms with E-state index in [1.54, 1.807) is 37.0 Å². The summed E-state index contributed by atoms with van der Waals surface area (Å²) in [5.41, 5.74) is 0. The van der Waals surface area contributed by atoms with Crippen molar-refractivity contribution in [3.8, 4) is 0 Å². The van der Waals surface area contributed by atoms with E-state index < -0.39 is 12.1 Å². The van der Waals surface area contributed by atoms with Gasteiger partial charge in [0.05, 0.1) is 19.3 Å². The number of aromatic nitrogens is 2. The normalized spacial score (nSPS) is 14.3. The summed E-state index contributed by atoms with van der Waals surface area (Å²) >= 11 is 0. The summed E-state index contributed by atoms with van der Waals surface area (Å²) in [4.78, 5) is 11.3. The van der Waals surface area contributed by atoms with Crippen molar-refractivity contribution in [2.24, 2.45) is 0 Å². The number of carbonyl (C=O) groups excluding carboxylic acids is 1. The monoisotopic (exact) mass is 241 g/mol. The van der Waals surface area contributed by atoms with Crippen LogP contribution in [-0.4, -0.2) is 46.2 Å². The third-order valence-electron chi connectivity index (χ3n) is 2.26. The van der Waals surface area contributed by atoms with Gasteiger partial charge in [-0.1, -0.05) is 0 Å². The van der Waals surface area contributed by atoms with Gasteiger partial charge in [-0.2, -0.15) is 5.10 Å². The molecule has 0 saturated heterocycles. The van der Waals surface area contributed by atoms with E-state index in [0.29, 0.717) is 19.7 Å². The molecule has 96 valence electrons. The Morgan fingerprint density at radius 1 is 1.65 bits per heavy atom. The average Bonchev–Trinajstić information content (AvgIpc) is 2.79. The molecule has 6 heteroatoms. The van der Waals surface area contributed by atoms with E-state index in [1.165, 1.54) is 0 Å². The van der Waals surface area contributed by atoms with Crippen LogP contribution in [-0.2, 0) is 16.1 Å². The fraction of sp³-hybridized carbons (Fsp3) is 0.636. The van der Waals surface area contributed by atoms with Gasteiger partial charge in [0.15, 0.2) is 0 Å². The van der Waals surface area contributed by atoms with Crippen molar-refractivity contribution in [3.05, 3.63) is 18.5 Å². The van der Waals surface area contributed by atoms with Gasteiger partial charge in [0.1, 0.15) is 6.04 Å². The molecular formula is C11H19N3O3. The number of nitrogens with one attached hydrogen (secondary N) is 1. The largest absolute Gasteiger partial charge is 0.465 e. The number of ether oxygens (including phenoxy) is 1. The predicted octanol–water partition coefficient (Wildman–Crippen LogP) is -0.215. The number of aliphatic hydroxyl groups excluding tert-OH is 1. The van der Waals surface area contributed by atoms with Crippen LogP contribution in [0.5, 0.6) is 0 Å². The number of esters is 1. The second kappa shape index (κ2) is 7.03. The predicted molar refractivity (Wildman–Crippen MR) is 62.3 cm³/mol. The maximum absolute atomic E-state index is 11.3. The highest BCUT2D eigenvalue weighted by Gasteiger charge is 2.14. The van der Waals surface area contributed by atoms with Crippen LogP contribution < -0.4 is 5.32 Å². The number of hydrogen-bond acceptors (Lipinski definition) is 5. The molecule has 0 radical (unpaired) electrons. The minimum absolute atomic E-state index is 0.307. The van der Waals surface area contributed by atoms with Crippen LogP contribution in [0.25, 0.3) is 0 Å². The van der Waals surface area contributed by atoms with Crippen LogP contribution in [0.2, 0.25) is 0 Å². The van der Waals surface area contributed by atoms with Crippen LogP contribution in [0.4, 0.5) is 0 Å². The molecule has 1 aromatic rings. The van der Waals surface area contributed by atoms with E-state index in [-0.39, 0.29) is 5.97 Å². The molecular weight excluding hydrogens is 222 g/mol. The highest BCUT2D eigenvalue weighted by Crippen LogP contribution is 1.92. The van der Waals surface area contributed by atoms with Gasteiger partial charge in [-0.05, 0) is 19.9 Å². The topological polar surface area (TPSA) is 76.4 Å². The lowest BCUT2D eigenvalue weighted by atomic mass is 10.3. The molecule has 0 bridgehead atoms. The van der Waals surface area contributed by atoms with Gasteiger partial charge < -0.3 is 15.2 Å². The summed E-state index contributed by atoms with van der Waals surface area (Å²) in [6.45, 7) is 4.55. The zero-order valence-corrected chi connectivity index (χ0v) is 10.2. The third-order valence-corrected chi connectivity index (χ3v) is 2.26. The first-order chi connectivity index (χ1) is 8.13. The lowest BCUT2D eigenvalue weighted by Gasteiger charge is -2.16. The van der Waals surface area contributed by atoms with Crippen LogP contribution in [0.15, 0.2) is 18.5 Å². The van der Waals surface area contributed by atoms with Gasteiger partial charge >= 0.3 is 5.97 Å². The first kappa shape index (κ1) is 13.7. The lowest BCUT2D eigenvalue weighted by Crippen LogP contribution is -2.41. The zero-order valence-electron chi connectivity index (χ0n) is 10.2. The van der Waals surface area contributed by atoms with E-state index in [4.69, 9.17) is 4.74 Å². The third kappa shape index (κ3) is 4.97. The Kier molecular flexibility index (Phi) is 5.65. The average molecular weight is 241 g/mol. The van der Waals surface area contributed by atoms with Crippen molar-refractivity contribution < 1.29 is 14.6 Å². The zero-order chi connectivity index (χ0) is 12.7. The van der Waals surface area contributed by atoms with Crippen molar-refractivity contribution in [2.75, 3.05) is 13.2 Å². The number of aliphatic hydroxyl groups is 1. The van der Waals surface area contributed by atoms with Crippen molar-refractivity contribution in [1.82, 2.24) is 15.1 Å². The quantitative estimate of drug-likeness (QED) is 0.646. The summed E-state index contributed by atoms with van der Waals surface area (Å²) < 4.78 is 6.48. The molecule has 0 saturated carbocycles. The SMILES string of the molecule is CCOC(=O)C(C)NCC(O)Cn1cccn1. The highest BCUT2D eigenvalue weighted by molar-refractivity contribution is 5.75. The van der Waals surface area contributed by atoms with Gasteiger partial charge in [-0.15, -0.1) is 0 Å². The Morgan fingerprint density at radius 3 is 3.00 bits per heavy atom. The molecule has 0 aliphatic rings. The summed E-state index contributed by atoms with van der Waals surface area (Å²) in [5, 5.41) is 16.6. The molecule has 1 rings (SSSR count). The van der Waals surface area contributed by atoms with Gasteiger partial charge in [0.25, 0.3) is 0 Å². The Morgan fingerprint density at radius 2 is 2.41 bits per heavy atom. The Balaban J connectivity index is 2.23. The molecule has 2 N–H and O–H groups in total. The molecule has 2 unspecified atom stereocenters. The van der Waals surface area contributed by atoms with Crippen LogP contribution >= 0.6 is 0 Å². The molecule has 2 atom stereocenters. The maximum Gasteiger partial charge on any atom is 0.322 e. The van der Waals surface area contributed by atoms with E-state index in [0.717, 1.165) is 0 Å². The first-order valence-electron chi connectivity index (χ1n) is 5.69. The molecule has 0 aliphatic heterocycles. The molecule has 1 aromatic heterocycles. The van der Waals surface area contributed by atoms with Crippen LogP contribution in [0.3, 0.4) is 0 Å². The summed E-state index contributed by atoms with van der Waals surface area (Å²) in [7, 11) is 0. The maximum atomic E-state index is 11.3. The van der Waals surface area contributed by atoms with Crippen molar-refractivity contribution in [1.29, 1.82) is 0 Å². The minimum Gasteiger partial charge on any atom is -0.465 e. The number of carbonyl (C=O) groups is 1. The number of nitrogens with zero attached hydrogens (tertiary/aromatic N) is 2. The second-order valence-electron chi connectivity index (χ2n) is 3.76. The Labute approximate surface area is 101 Å². The molecule has 1 heterocycles. The number of rotatable bonds is 7. The smallest absolute Gasteiger partial charge is 0.322 e. The second-order valence-corrected chi connectivity index (χ2v) is 3.76.